The van der Waals surface area contributed by atoms with Gasteiger partial charge >= 0.3 is 18.0 Å². The van der Waals surface area contributed by atoms with E-state index in [1.165, 1.54) is 20.8 Å². The van der Waals surface area contributed by atoms with Gasteiger partial charge in [-0.15, -0.1) is 0 Å². The Bertz CT molecular complexity index is 1510. The smallest absolute Gasteiger partial charge is 0.409 e. The largest absolute Gasteiger partial charge is 0.483 e. The Balaban J connectivity index is 1.51. The summed E-state index contributed by atoms with van der Waals surface area (Å²) in [5.74, 6) is -3.03. The van der Waals surface area contributed by atoms with Crippen molar-refractivity contribution in [1.29, 1.82) is 0 Å². The summed E-state index contributed by atoms with van der Waals surface area (Å²) < 4.78 is 16.1. The van der Waals surface area contributed by atoms with E-state index < -0.39 is 54.4 Å². The summed E-state index contributed by atoms with van der Waals surface area (Å²) in [6.45, 7) is 6.49. The van der Waals surface area contributed by atoms with Crippen molar-refractivity contribution >= 4 is 46.7 Å². The van der Waals surface area contributed by atoms with Crippen LogP contribution in [0.1, 0.15) is 55.6 Å². The van der Waals surface area contributed by atoms with Crippen LogP contribution in [-0.2, 0) is 28.7 Å². The minimum atomic E-state index is -1.18. The summed E-state index contributed by atoms with van der Waals surface area (Å²) in [6.07, 6.45) is 0.130. The first-order valence-electron chi connectivity index (χ1n) is 15.8. The molecule has 2 N–H and O–H groups in total. The fourth-order valence-corrected chi connectivity index (χ4v) is 5.62. The molecule has 1 aromatic heterocycles. The lowest BCUT2D eigenvalue weighted by atomic mass is 10.1. The number of piperazine rings is 1. The summed E-state index contributed by atoms with van der Waals surface area (Å²) in [4.78, 5) is 84.8. The van der Waals surface area contributed by atoms with Gasteiger partial charge in [0.2, 0.25) is 5.91 Å². The van der Waals surface area contributed by atoms with Gasteiger partial charge in [-0.25, -0.2) is 14.6 Å². The number of carbonyl (C=O) groups excluding carboxylic acids is 5. The first kappa shape index (κ1) is 34.9. The second-order valence-corrected chi connectivity index (χ2v) is 11.3. The topological polar surface area (TPSA) is 185 Å². The lowest BCUT2D eigenvalue weighted by molar-refractivity contribution is -0.153. The average molecular weight is 656 g/mol. The number of likely N-dealkylation sites (tertiary alicyclic amines) is 1. The number of aromatic nitrogens is 1. The zero-order valence-corrected chi connectivity index (χ0v) is 26.9. The van der Waals surface area contributed by atoms with Crippen LogP contribution < -0.4 is 10.1 Å². The number of esters is 1. The molecule has 0 spiro atoms. The highest BCUT2D eigenvalue weighted by atomic mass is 16.6. The highest BCUT2D eigenvalue weighted by molar-refractivity contribution is 5.99. The molecule has 0 aliphatic carbocycles. The number of carboxylic acid groups (broad SMARTS) is 1. The van der Waals surface area contributed by atoms with E-state index in [4.69, 9.17) is 14.2 Å². The molecule has 2 fully saturated rings. The Labute approximate surface area is 272 Å². The zero-order chi connectivity index (χ0) is 34.1. The molecule has 0 saturated carbocycles. The third-order valence-corrected chi connectivity index (χ3v) is 8.01. The van der Waals surface area contributed by atoms with Crippen LogP contribution in [0.5, 0.6) is 5.75 Å². The van der Waals surface area contributed by atoms with E-state index in [-0.39, 0.29) is 63.7 Å². The molecule has 15 heteroatoms. The van der Waals surface area contributed by atoms with Gasteiger partial charge in [0.25, 0.3) is 11.8 Å². The predicted molar refractivity (Wildman–Crippen MR) is 167 cm³/mol. The molecule has 2 saturated heterocycles. The number of nitrogens with zero attached hydrogens (tertiary/aromatic N) is 4. The number of carboxylic acids is 1. The van der Waals surface area contributed by atoms with Gasteiger partial charge in [0.05, 0.1) is 18.7 Å². The standard InChI is InChI=1S/C32H41N5O10/c1-4-45-31(43)25-7-6-12-37(25)27(38)19-47-26-18-24(33-23-17-20(3)8-9-21(23)26)29(41)34-22(10-11-28(39)40)30(42)35-13-15-36(16-14-35)32(44)46-5-2/h8-9,17-18,22,25H,4-7,10-16,19H2,1-3H3,(H,34,41)(H,39,40)/t22-,25+/m0/s1. The van der Waals surface area contributed by atoms with E-state index >= 15 is 0 Å². The maximum atomic E-state index is 13.6. The van der Waals surface area contributed by atoms with E-state index in [1.807, 2.05) is 13.0 Å². The van der Waals surface area contributed by atoms with Gasteiger partial charge in [0.1, 0.15) is 23.5 Å². The predicted octanol–water partition coefficient (Wildman–Crippen LogP) is 1.74. The summed E-state index contributed by atoms with van der Waals surface area (Å²) in [5, 5.41) is 12.5. The van der Waals surface area contributed by atoms with Crippen LogP contribution in [0.3, 0.4) is 0 Å². The van der Waals surface area contributed by atoms with Gasteiger partial charge in [-0.3, -0.25) is 19.2 Å². The number of hydrogen-bond acceptors (Lipinski definition) is 10. The van der Waals surface area contributed by atoms with Crippen molar-refractivity contribution in [3.63, 3.8) is 0 Å². The van der Waals surface area contributed by atoms with E-state index in [9.17, 15) is 33.9 Å². The van der Waals surface area contributed by atoms with Crippen LogP contribution in [0, 0.1) is 6.92 Å². The van der Waals surface area contributed by atoms with E-state index in [0.717, 1.165) is 5.56 Å². The highest BCUT2D eigenvalue weighted by Crippen LogP contribution is 2.27. The Morgan fingerprint density at radius 3 is 2.36 bits per heavy atom. The molecule has 2 aromatic rings. The molecule has 0 bridgehead atoms. The molecular weight excluding hydrogens is 614 g/mol. The summed E-state index contributed by atoms with van der Waals surface area (Å²) in [7, 11) is 0. The minimum absolute atomic E-state index is 0.101. The van der Waals surface area contributed by atoms with E-state index in [2.05, 4.69) is 10.3 Å². The number of hydrogen-bond donors (Lipinski definition) is 2. The molecule has 47 heavy (non-hydrogen) atoms. The van der Waals surface area contributed by atoms with Crippen LogP contribution in [0.25, 0.3) is 10.9 Å². The molecular formula is C32H41N5O10. The second-order valence-electron chi connectivity index (χ2n) is 11.3. The van der Waals surface area contributed by atoms with Crippen LogP contribution in [0.4, 0.5) is 4.79 Å². The van der Waals surface area contributed by atoms with Crippen LogP contribution in [0.2, 0.25) is 0 Å². The molecule has 3 heterocycles. The van der Waals surface area contributed by atoms with Crippen molar-refractivity contribution in [2.24, 2.45) is 0 Å². The fraction of sp³-hybridized carbons (Fsp3) is 0.531. The summed E-state index contributed by atoms with van der Waals surface area (Å²) >= 11 is 0. The number of fused-ring (bicyclic) bond motifs is 1. The van der Waals surface area contributed by atoms with E-state index in [0.29, 0.717) is 30.3 Å². The molecule has 254 valence electrons. The number of pyridine rings is 1. The number of aryl methyl sites for hydroxylation is 1. The van der Waals surface area contributed by atoms with Gasteiger partial charge in [0.15, 0.2) is 6.61 Å². The van der Waals surface area contributed by atoms with Crippen molar-refractivity contribution in [2.45, 2.75) is 58.5 Å². The van der Waals surface area contributed by atoms with E-state index in [1.54, 1.807) is 26.0 Å². The lowest BCUT2D eigenvalue weighted by Crippen LogP contribution is -2.56. The monoisotopic (exact) mass is 655 g/mol. The first-order valence-corrected chi connectivity index (χ1v) is 15.8. The summed E-state index contributed by atoms with van der Waals surface area (Å²) in [6, 6.07) is 4.84. The second kappa shape index (κ2) is 16.1. The molecule has 2 aliphatic heterocycles. The Kier molecular flexibility index (Phi) is 11.9. The Morgan fingerprint density at radius 2 is 1.68 bits per heavy atom. The lowest BCUT2D eigenvalue weighted by Gasteiger charge is -2.35. The van der Waals surface area contributed by atoms with Crippen molar-refractivity contribution in [3.05, 3.63) is 35.5 Å². The molecule has 2 atom stereocenters. The zero-order valence-electron chi connectivity index (χ0n) is 26.9. The third kappa shape index (κ3) is 8.86. The molecule has 0 radical (unpaired) electrons. The third-order valence-electron chi connectivity index (χ3n) is 8.01. The number of aliphatic carboxylic acids is 1. The normalized spacial score (nSPS) is 16.8. The van der Waals surface area contributed by atoms with Crippen molar-refractivity contribution in [3.8, 4) is 5.75 Å². The quantitative estimate of drug-likeness (QED) is 0.318. The van der Waals surface area contributed by atoms with Crippen LogP contribution in [-0.4, -0.2) is 125 Å². The number of rotatable bonds is 12. The van der Waals surface area contributed by atoms with Crippen molar-refractivity contribution < 1.29 is 48.1 Å². The van der Waals surface area contributed by atoms with Gasteiger partial charge in [0, 0.05) is 50.6 Å². The van der Waals surface area contributed by atoms with Gasteiger partial charge in [-0.05, 0) is 57.7 Å². The Hall–Kier alpha value is -4.95. The molecule has 2 aliphatic rings. The van der Waals surface area contributed by atoms with Gasteiger partial charge < -0.3 is 39.3 Å². The minimum Gasteiger partial charge on any atom is -0.483 e. The maximum Gasteiger partial charge on any atom is 0.409 e. The first-order chi connectivity index (χ1) is 22.5. The molecule has 4 rings (SSSR count). The number of benzene rings is 1. The highest BCUT2D eigenvalue weighted by Gasteiger charge is 2.35. The van der Waals surface area contributed by atoms with Crippen molar-refractivity contribution in [2.75, 3.05) is 52.5 Å². The van der Waals surface area contributed by atoms with Gasteiger partial charge in [-0.1, -0.05) is 6.07 Å². The molecule has 0 unspecified atom stereocenters. The number of amides is 4. The van der Waals surface area contributed by atoms with Gasteiger partial charge in [-0.2, -0.15) is 0 Å². The number of carbonyl (C=O) groups is 6. The van der Waals surface area contributed by atoms with Crippen molar-refractivity contribution in [1.82, 2.24) is 25.0 Å². The van der Waals surface area contributed by atoms with Crippen LogP contribution >= 0.6 is 0 Å². The maximum absolute atomic E-state index is 13.6. The number of ether oxygens (including phenoxy) is 3. The molecule has 1 aromatic carbocycles. The van der Waals surface area contributed by atoms with Crippen LogP contribution in [0.15, 0.2) is 24.3 Å². The molecule has 4 amide bonds. The number of nitrogens with one attached hydrogen (secondary N) is 1. The Morgan fingerprint density at radius 1 is 0.979 bits per heavy atom. The SMILES string of the molecule is CCOC(=O)[C@H]1CCCN1C(=O)COc1cc(C(=O)N[C@@H](CCC(=O)O)C(=O)N2CCN(C(=O)OCC)CC2)nc2cc(C)ccc12. The summed E-state index contributed by atoms with van der Waals surface area (Å²) in [5.41, 5.74) is 1.17. The molecule has 15 nitrogen and oxygen atoms in total. The fourth-order valence-electron chi connectivity index (χ4n) is 5.62. The average Bonchev–Trinajstić information content (AvgIpc) is 3.55.